The lowest BCUT2D eigenvalue weighted by Crippen LogP contribution is -2.15. The number of nitrogen functional groups attached to an aromatic ring is 1. The minimum Gasteiger partial charge on any atom is -0.323 e. The molecule has 0 saturated carbocycles. The fourth-order valence-electron chi connectivity index (χ4n) is 2.57. The zero-order valence-electron chi connectivity index (χ0n) is 12.5. The molecule has 2 rings (SSSR count). The molecule has 1 heterocycles. The highest BCUT2D eigenvalue weighted by molar-refractivity contribution is 5.95. The summed E-state index contributed by atoms with van der Waals surface area (Å²) < 4.78 is 0. The maximum absolute atomic E-state index is 5.72. The Morgan fingerprint density at radius 1 is 1.26 bits per heavy atom. The number of nitrogens with two attached hydrogens (primary N) is 1. The molecule has 0 aliphatic heterocycles. The summed E-state index contributed by atoms with van der Waals surface area (Å²) in [6.07, 6.45) is 0.912. The molecule has 0 radical (unpaired) electrons. The van der Waals surface area contributed by atoms with Gasteiger partial charge in [0.25, 0.3) is 0 Å². The van der Waals surface area contributed by atoms with Crippen LogP contribution in [0.1, 0.15) is 44.5 Å². The first-order valence-corrected chi connectivity index (χ1v) is 6.79. The largest absolute Gasteiger partial charge is 0.323 e. The van der Waals surface area contributed by atoms with Gasteiger partial charge in [-0.3, -0.25) is 10.8 Å². The first kappa shape index (κ1) is 13.8. The van der Waals surface area contributed by atoms with Gasteiger partial charge in [0, 0.05) is 11.1 Å². The molecule has 0 atom stereocenters. The molecule has 102 valence electrons. The Kier molecular flexibility index (Phi) is 3.50. The number of fused-ring (bicyclic) bond motifs is 1. The Bertz CT molecular complexity index is 609. The number of nitrogens with zero attached hydrogens (tertiary/aromatic N) is 1. The van der Waals surface area contributed by atoms with Gasteiger partial charge in [-0.2, -0.15) is 0 Å². The van der Waals surface area contributed by atoms with E-state index >= 15 is 0 Å². The molecule has 0 amide bonds. The molecule has 0 aliphatic carbocycles. The van der Waals surface area contributed by atoms with Gasteiger partial charge < -0.3 is 5.43 Å². The summed E-state index contributed by atoms with van der Waals surface area (Å²) in [4.78, 5) is 4.87. The average Bonchev–Trinajstić information content (AvgIpc) is 2.36. The summed E-state index contributed by atoms with van der Waals surface area (Å²) >= 11 is 0. The zero-order chi connectivity index (χ0) is 14.2. The van der Waals surface area contributed by atoms with Gasteiger partial charge in [-0.1, -0.05) is 45.9 Å². The van der Waals surface area contributed by atoms with E-state index in [0.717, 1.165) is 34.3 Å². The smallest absolute Gasteiger partial charge is 0.0764 e. The Labute approximate surface area is 115 Å². The summed E-state index contributed by atoms with van der Waals surface area (Å²) in [5.41, 5.74) is 8.48. The number of aryl methyl sites for hydroxylation is 1. The zero-order valence-corrected chi connectivity index (χ0v) is 12.5. The van der Waals surface area contributed by atoms with Crippen molar-refractivity contribution in [2.24, 2.45) is 5.84 Å². The van der Waals surface area contributed by atoms with Crippen LogP contribution in [0, 0.1) is 6.92 Å². The van der Waals surface area contributed by atoms with Crippen LogP contribution in [0.25, 0.3) is 10.9 Å². The van der Waals surface area contributed by atoms with Crippen LogP contribution in [0.3, 0.4) is 0 Å². The Morgan fingerprint density at radius 2 is 1.95 bits per heavy atom. The Hall–Kier alpha value is -1.61. The molecule has 2 aromatic rings. The lowest BCUT2D eigenvalue weighted by Gasteiger charge is -2.22. The fourth-order valence-corrected chi connectivity index (χ4v) is 2.57. The van der Waals surface area contributed by atoms with Crippen molar-refractivity contribution in [2.75, 3.05) is 5.43 Å². The summed E-state index contributed by atoms with van der Waals surface area (Å²) in [7, 11) is 0. The van der Waals surface area contributed by atoms with Crippen LogP contribution in [0.15, 0.2) is 18.2 Å². The van der Waals surface area contributed by atoms with Gasteiger partial charge in [0.2, 0.25) is 0 Å². The van der Waals surface area contributed by atoms with Crippen LogP contribution < -0.4 is 11.3 Å². The van der Waals surface area contributed by atoms with Crippen LogP contribution in [0.2, 0.25) is 0 Å². The van der Waals surface area contributed by atoms with E-state index in [0.29, 0.717) is 0 Å². The number of anilines is 1. The van der Waals surface area contributed by atoms with E-state index in [9.17, 15) is 0 Å². The third kappa shape index (κ3) is 2.30. The molecule has 0 spiro atoms. The second-order valence-corrected chi connectivity index (χ2v) is 6.01. The number of aromatic nitrogens is 1. The highest BCUT2D eigenvalue weighted by Gasteiger charge is 2.20. The summed E-state index contributed by atoms with van der Waals surface area (Å²) in [5, 5.41) is 1.10. The van der Waals surface area contributed by atoms with Crippen LogP contribution >= 0.6 is 0 Å². The molecule has 19 heavy (non-hydrogen) atoms. The molecule has 1 aromatic heterocycles. The predicted octanol–water partition coefficient (Wildman–Crippen LogP) is 3.69. The van der Waals surface area contributed by atoms with Crippen molar-refractivity contribution < 1.29 is 0 Å². The molecule has 3 heteroatoms. The quantitative estimate of drug-likeness (QED) is 0.637. The van der Waals surface area contributed by atoms with E-state index in [1.54, 1.807) is 0 Å². The molecule has 3 N–H and O–H groups in total. The van der Waals surface area contributed by atoms with E-state index in [4.69, 9.17) is 10.8 Å². The van der Waals surface area contributed by atoms with Crippen LogP contribution in [0.5, 0.6) is 0 Å². The van der Waals surface area contributed by atoms with E-state index in [2.05, 4.69) is 58.2 Å². The number of pyridine rings is 1. The first-order chi connectivity index (χ1) is 8.90. The minimum atomic E-state index is 0.0681. The van der Waals surface area contributed by atoms with Gasteiger partial charge in [0.05, 0.1) is 11.2 Å². The summed E-state index contributed by atoms with van der Waals surface area (Å²) in [6, 6.07) is 6.32. The normalized spacial score (nSPS) is 11.9. The predicted molar refractivity (Wildman–Crippen MR) is 82.4 cm³/mol. The number of para-hydroxylation sites is 1. The molecular formula is C16H23N3. The Morgan fingerprint density at radius 3 is 2.47 bits per heavy atom. The average molecular weight is 257 g/mol. The number of hydrogen-bond donors (Lipinski definition) is 2. The van der Waals surface area contributed by atoms with Crippen LogP contribution in [0.4, 0.5) is 5.69 Å². The third-order valence-electron chi connectivity index (χ3n) is 3.65. The molecular weight excluding hydrogens is 234 g/mol. The second-order valence-electron chi connectivity index (χ2n) is 6.01. The second kappa shape index (κ2) is 4.82. The highest BCUT2D eigenvalue weighted by atomic mass is 15.2. The van der Waals surface area contributed by atoms with E-state index in [1.165, 1.54) is 5.56 Å². The number of nitrogens with one attached hydrogen (secondary N) is 1. The summed E-state index contributed by atoms with van der Waals surface area (Å²) in [5.74, 6) is 5.72. The van der Waals surface area contributed by atoms with Crippen molar-refractivity contribution in [1.82, 2.24) is 4.98 Å². The molecule has 0 bridgehead atoms. The topological polar surface area (TPSA) is 50.9 Å². The van der Waals surface area contributed by atoms with E-state index in [1.807, 2.05) is 0 Å². The maximum atomic E-state index is 5.72. The van der Waals surface area contributed by atoms with Gasteiger partial charge in [-0.15, -0.1) is 0 Å². The van der Waals surface area contributed by atoms with Gasteiger partial charge in [-0.25, -0.2) is 0 Å². The van der Waals surface area contributed by atoms with Crippen molar-refractivity contribution >= 4 is 16.6 Å². The molecule has 0 unspecified atom stereocenters. The fraction of sp³-hybridized carbons (Fsp3) is 0.438. The van der Waals surface area contributed by atoms with E-state index in [-0.39, 0.29) is 5.41 Å². The molecule has 0 saturated heterocycles. The first-order valence-electron chi connectivity index (χ1n) is 6.79. The third-order valence-corrected chi connectivity index (χ3v) is 3.65. The van der Waals surface area contributed by atoms with Crippen molar-refractivity contribution in [3.05, 3.63) is 35.0 Å². The molecule has 0 aliphatic rings. The van der Waals surface area contributed by atoms with Gasteiger partial charge in [-0.05, 0) is 29.9 Å². The number of hydrazine groups is 1. The van der Waals surface area contributed by atoms with Crippen LogP contribution in [-0.4, -0.2) is 4.98 Å². The van der Waals surface area contributed by atoms with Gasteiger partial charge >= 0.3 is 0 Å². The lowest BCUT2D eigenvalue weighted by molar-refractivity contribution is 0.594. The maximum Gasteiger partial charge on any atom is 0.0764 e. The van der Waals surface area contributed by atoms with Crippen LogP contribution in [-0.2, 0) is 11.8 Å². The van der Waals surface area contributed by atoms with Crippen molar-refractivity contribution in [2.45, 2.75) is 46.5 Å². The Balaban J connectivity index is 2.91. The number of hydrogen-bond acceptors (Lipinski definition) is 3. The minimum absolute atomic E-state index is 0.0681. The monoisotopic (exact) mass is 257 g/mol. The number of rotatable bonds is 2. The molecule has 3 nitrogen and oxygen atoms in total. The summed E-state index contributed by atoms with van der Waals surface area (Å²) in [6.45, 7) is 10.8. The van der Waals surface area contributed by atoms with Crippen molar-refractivity contribution in [3.63, 3.8) is 0 Å². The highest BCUT2D eigenvalue weighted by Crippen LogP contribution is 2.34. The van der Waals surface area contributed by atoms with Crippen molar-refractivity contribution in [1.29, 1.82) is 0 Å². The van der Waals surface area contributed by atoms with Gasteiger partial charge in [0.1, 0.15) is 0 Å². The van der Waals surface area contributed by atoms with E-state index < -0.39 is 0 Å². The molecule has 1 aromatic carbocycles. The standard InChI is InChI=1S/C16H23N3/c1-6-13-10(2)14(19-17)11-8-7-9-12(15(11)18-13)16(3,4)5/h7-9H,6,17H2,1-5H3,(H,18,19). The lowest BCUT2D eigenvalue weighted by atomic mass is 9.85. The number of benzene rings is 1. The molecule has 0 fully saturated rings. The van der Waals surface area contributed by atoms with Gasteiger partial charge in [0.15, 0.2) is 0 Å². The van der Waals surface area contributed by atoms with Crippen molar-refractivity contribution in [3.8, 4) is 0 Å². The SMILES string of the molecule is CCc1nc2c(C(C)(C)C)cccc2c(NN)c1C.